The molecule has 0 radical (unpaired) electrons. The van der Waals surface area contributed by atoms with E-state index in [-0.39, 0.29) is 11.4 Å². The van der Waals surface area contributed by atoms with E-state index in [1.165, 1.54) is 12.8 Å². The van der Waals surface area contributed by atoms with E-state index >= 15 is 0 Å². The van der Waals surface area contributed by atoms with Crippen molar-refractivity contribution >= 4 is 5.91 Å². The van der Waals surface area contributed by atoms with Gasteiger partial charge in [-0.2, -0.15) is 5.26 Å². The Morgan fingerprint density at radius 2 is 1.95 bits per heavy atom. The highest BCUT2D eigenvalue weighted by Crippen LogP contribution is 2.45. The van der Waals surface area contributed by atoms with Gasteiger partial charge in [-0.15, -0.1) is 0 Å². The van der Waals surface area contributed by atoms with Crippen LogP contribution in [0.5, 0.6) is 0 Å². The fourth-order valence-corrected chi connectivity index (χ4v) is 3.69. The van der Waals surface area contributed by atoms with Gasteiger partial charge in [-0.25, -0.2) is 0 Å². The summed E-state index contributed by atoms with van der Waals surface area (Å²) in [6, 6.07) is 2.24. The molecule has 19 heavy (non-hydrogen) atoms. The van der Waals surface area contributed by atoms with Crippen molar-refractivity contribution in [3.63, 3.8) is 0 Å². The van der Waals surface area contributed by atoms with E-state index in [2.05, 4.69) is 37.3 Å². The van der Waals surface area contributed by atoms with E-state index < -0.39 is 5.41 Å². The van der Waals surface area contributed by atoms with E-state index in [0.717, 1.165) is 12.8 Å². The van der Waals surface area contributed by atoms with E-state index in [1.807, 2.05) is 0 Å². The molecule has 2 saturated carbocycles. The fourth-order valence-electron chi connectivity index (χ4n) is 3.69. The van der Waals surface area contributed by atoms with Crippen LogP contribution in [0.25, 0.3) is 0 Å². The quantitative estimate of drug-likeness (QED) is 0.843. The normalized spacial score (nSPS) is 32.7. The number of carbonyl (C=O) groups is 1. The number of hydrogen-bond donors (Lipinski definition) is 1. The maximum Gasteiger partial charge on any atom is 0.240 e. The van der Waals surface area contributed by atoms with Gasteiger partial charge < -0.3 is 10.2 Å². The fraction of sp³-hybridized carbons (Fsp3) is 0.867. The zero-order valence-electron chi connectivity index (χ0n) is 12.3. The number of carbonyl (C=O) groups excluding carboxylic acids is 1. The van der Waals surface area contributed by atoms with Crippen LogP contribution < -0.4 is 5.32 Å². The van der Waals surface area contributed by atoms with Crippen LogP contribution in [0.2, 0.25) is 0 Å². The topological polar surface area (TPSA) is 56.1 Å². The average molecular weight is 263 g/mol. The van der Waals surface area contributed by atoms with Gasteiger partial charge >= 0.3 is 0 Å². The number of nitriles is 1. The zero-order valence-corrected chi connectivity index (χ0v) is 12.3. The van der Waals surface area contributed by atoms with Gasteiger partial charge in [0.05, 0.1) is 6.07 Å². The first kappa shape index (κ1) is 14.3. The Balaban J connectivity index is 1.95. The summed E-state index contributed by atoms with van der Waals surface area (Å²) in [4.78, 5) is 14.5. The minimum Gasteiger partial charge on any atom is -0.353 e. The number of nitrogens with zero attached hydrogens (tertiary/aromatic N) is 2. The number of nitrogens with one attached hydrogen (secondary N) is 1. The Bertz CT molecular complexity index is 385. The Kier molecular flexibility index (Phi) is 3.87. The molecule has 0 aromatic heterocycles. The van der Waals surface area contributed by atoms with Gasteiger partial charge in [-0.05, 0) is 45.7 Å². The summed E-state index contributed by atoms with van der Waals surface area (Å²) in [6.45, 7) is 2.78. The molecule has 4 heteroatoms. The van der Waals surface area contributed by atoms with Gasteiger partial charge in [0.25, 0.3) is 0 Å². The first-order valence-electron chi connectivity index (χ1n) is 7.31. The summed E-state index contributed by atoms with van der Waals surface area (Å²) in [5.41, 5.74) is -0.646. The van der Waals surface area contributed by atoms with Gasteiger partial charge in [0, 0.05) is 12.1 Å². The molecule has 2 rings (SSSR count). The maximum absolute atomic E-state index is 12.3. The van der Waals surface area contributed by atoms with Crippen molar-refractivity contribution in [1.82, 2.24) is 10.2 Å². The van der Waals surface area contributed by atoms with Crippen LogP contribution in [0, 0.1) is 22.7 Å². The van der Waals surface area contributed by atoms with Crippen molar-refractivity contribution in [3.8, 4) is 6.07 Å². The second-order valence-corrected chi connectivity index (χ2v) is 6.72. The van der Waals surface area contributed by atoms with E-state index in [4.69, 9.17) is 0 Å². The highest BCUT2D eigenvalue weighted by Gasteiger charge is 2.49. The van der Waals surface area contributed by atoms with Crippen LogP contribution in [-0.4, -0.2) is 37.0 Å². The van der Waals surface area contributed by atoms with Gasteiger partial charge in [-0.1, -0.05) is 19.8 Å². The van der Waals surface area contributed by atoms with Gasteiger partial charge in [0.2, 0.25) is 5.91 Å². The molecule has 0 saturated heterocycles. The molecule has 0 heterocycles. The molecule has 2 aliphatic carbocycles. The van der Waals surface area contributed by atoms with E-state index in [9.17, 15) is 10.1 Å². The van der Waals surface area contributed by atoms with Crippen molar-refractivity contribution < 1.29 is 4.79 Å². The highest BCUT2D eigenvalue weighted by atomic mass is 16.2. The molecular weight excluding hydrogens is 238 g/mol. The van der Waals surface area contributed by atoms with Crippen LogP contribution in [0.1, 0.15) is 45.4 Å². The van der Waals surface area contributed by atoms with Crippen molar-refractivity contribution in [2.45, 2.75) is 51.0 Å². The summed E-state index contributed by atoms with van der Waals surface area (Å²) in [7, 11) is 4.17. The molecule has 1 N–H and O–H groups in total. The lowest BCUT2D eigenvalue weighted by Crippen LogP contribution is -2.55. The first-order valence-corrected chi connectivity index (χ1v) is 7.31. The van der Waals surface area contributed by atoms with Crippen LogP contribution in [0.4, 0.5) is 0 Å². The molecule has 4 nitrogen and oxygen atoms in total. The molecule has 1 amide bonds. The summed E-state index contributed by atoms with van der Waals surface area (Å²) in [5.74, 6) is 0.445. The van der Waals surface area contributed by atoms with Crippen molar-refractivity contribution in [1.29, 1.82) is 5.26 Å². The third-order valence-corrected chi connectivity index (χ3v) is 5.10. The van der Waals surface area contributed by atoms with Crippen molar-refractivity contribution in [3.05, 3.63) is 0 Å². The van der Waals surface area contributed by atoms with E-state index in [1.54, 1.807) is 0 Å². The lowest BCUT2D eigenvalue weighted by atomic mass is 9.63. The second-order valence-electron chi connectivity index (χ2n) is 6.72. The van der Waals surface area contributed by atoms with Crippen LogP contribution in [0.3, 0.4) is 0 Å². The molecule has 0 aliphatic heterocycles. The van der Waals surface area contributed by atoms with Crippen molar-refractivity contribution in [2.24, 2.45) is 11.3 Å². The SMILES string of the molecule is CC1CC(C#N)(C(=O)NCC2(N(C)C)CCCC2)C1. The standard InChI is InChI=1S/C15H25N3O/c1-12-8-14(9-12,10-16)13(19)17-11-15(18(2)3)6-4-5-7-15/h12H,4-9,11H2,1-3H3,(H,17,19). The molecule has 0 aromatic rings. The molecule has 2 fully saturated rings. The molecule has 0 spiro atoms. The van der Waals surface area contributed by atoms with Gasteiger partial charge in [0.15, 0.2) is 0 Å². The number of hydrogen-bond acceptors (Lipinski definition) is 3. The Morgan fingerprint density at radius 1 is 1.37 bits per heavy atom. The average Bonchev–Trinajstić information content (AvgIpc) is 2.81. The molecular formula is C15H25N3O. The highest BCUT2D eigenvalue weighted by molar-refractivity contribution is 5.86. The summed E-state index contributed by atoms with van der Waals surface area (Å²) in [6.07, 6.45) is 6.16. The molecule has 0 bridgehead atoms. The summed E-state index contributed by atoms with van der Waals surface area (Å²) >= 11 is 0. The number of rotatable bonds is 4. The molecule has 0 aromatic carbocycles. The predicted molar refractivity (Wildman–Crippen MR) is 74.3 cm³/mol. The minimum atomic E-state index is -0.745. The Morgan fingerprint density at radius 3 is 2.37 bits per heavy atom. The summed E-state index contributed by atoms with van der Waals surface area (Å²) < 4.78 is 0. The van der Waals surface area contributed by atoms with Crippen LogP contribution in [-0.2, 0) is 4.79 Å². The minimum absolute atomic E-state index is 0.0544. The Labute approximate surface area is 116 Å². The van der Waals surface area contributed by atoms with Crippen LogP contribution in [0.15, 0.2) is 0 Å². The summed E-state index contributed by atoms with van der Waals surface area (Å²) in [5, 5.41) is 12.3. The monoisotopic (exact) mass is 263 g/mol. The van der Waals surface area contributed by atoms with Gasteiger partial charge in [-0.3, -0.25) is 4.79 Å². The molecule has 2 aliphatic rings. The van der Waals surface area contributed by atoms with E-state index in [0.29, 0.717) is 25.3 Å². The third-order valence-electron chi connectivity index (χ3n) is 5.10. The van der Waals surface area contributed by atoms with Crippen molar-refractivity contribution in [2.75, 3.05) is 20.6 Å². The second kappa shape index (κ2) is 5.13. The maximum atomic E-state index is 12.3. The molecule has 0 unspecified atom stereocenters. The third kappa shape index (κ3) is 2.49. The number of likely N-dealkylation sites (N-methyl/N-ethyl adjacent to an activating group) is 1. The predicted octanol–water partition coefficient (Wildman–Crippen LogP) is 1.92. The molecule has 106 valence electrons. The lowest BCUT2D eigenvalue weighted by molar-refractivity contribution is -0.134. The first-order chi connectivity index (χ1) is 8.94. The largest absolute Gasteiger partial charge is 0.353 e. The number of amides is 1. The zero-order chi connectivity index (χ0) is 14.1. The smallest absolute Gasteiger partial charge is 0.240 e. The Hall–Kier alpha value is -1.08. The molecule has 0 atom stereocenters. The van der Waals surface area contributed by atoms with Crippen LogP contribution >= 0.6 is 0 Å². The van der Waals surface area contributed by atoms with Gasteiger partial charge in [0.1, 0.15) is 5.41 Å². The lowest BCUT2D eigenvalue weighted by Gasteiger charge is -2.41.